The summed E-state index contributed by atoms with van der Waals surface area (Å²) in [5.74, 6) is 0.943. The number of hydrogen-bond acceptors (Lipinski definition) is 3. The van der Waals surface area contributed by atoms with Gasteiger partial charge in [-0.05, 0) is 53.3 Å². The number of benzene rings is 1. The van der Waals surface area contributed by atoms with Crippen LogP contribution < -0.4 is 10.1 Å². The molecule has 0 radical (unpaired) electrons. The zero-order valence-electron chi connectivity index (χ0n) is 14.1. The molecule has 0 bridgehead atoms. The van der Waals surface area contributed by atoms with Crippen LogP contribution in [0.5, 0.6) is 5.75 Å². The summed E-state index contributed by atoms with van der Waals surface area (Å²) >= 11 is 0. The molecule has 21 heavy (non-hydrogen) atoms. The van der Waals surface area contributed by atoms with Crippen molar-refractivity contribution in [3.05, 3.63) is 29.8 Å². The molecular formula is C17H28N2O2. The fraction of sp³-hybridized carbons (Fsp3) is 0.588. The van der Waals surface area contributed by atoms with Crippen molar-refractivity contribution in [2.45, 2.75) is 46.2 Å². The second-order valence-corrected chi connectivity index (χ2v) is 6.51. The van der Waals surface area contributed by atoms with Gasteiger partial charge in [0.1, 0.15) is 12.4 Å². The Labute approximate surface area is 128 Å². The topological polar surface area (TPSA) is 41.6 Å². The number of carbonyl (C=O) groups is 1. The van der Waals surface area contributed by atoms with Crippen molar-refractivity contribution in [3.8, 4) is 5.75 Å². The van der Waals surface area contributed by atoms with E-state index in [4.69, 9.17) is 4.74 Å². The van der Waals surface area contributed by atoms with Gasteiger partial charge in [-0.3, -0.25) is 9.69 Å². The van der Waals surface area contributed by atoms with E-state index in [0.717, 1.165) is 11.3 Å². The SMILES string of the molecule is Cc1ccccc1OCCN(C)[C@H](C)C(=O)NC(C)(C)C. The van der Waals surface area contributed by atoms with E-state index in [1.807, 2.05) is 70.8 Å². The van der Waals surface area contributed by atoms with Crippen LogP contribution in [0, 0.1) is 6.92 Å². The van der Waals surface area contributed by atoms with E-state index in [0.29, 0.717) is 13.2 Å². The van der Waals surface area contributed by atoms with Gasteiger partial charge in [0.25, 0.3) is 0 Å². The predicted molar refractivity (Wildman–Crippen MR) is 86.7 cm³/mol. The molecule has 0 aromatic heterocycles. The van der Waals surface area contributed by atoms with Gasteiger partial charge >= 0.3 is 0 Å². The van der Waals surface area contributed by atoms with E-state index in [1.54, 1.807) is 0 Å². The zero-order valence-corrected chi connectivity index (χ0v) is 14.1. The molecule has 1 atom stereocenters. The molecule has 0 heterocycles. The molecule has 4 heteroatoms. The fourth-order valence-corrected chi connectivity index (χ4v) is 1.89. The van der Waals surface area contributed by atoms with Gasteiger partial charge in [0.05, 0.1) is 6.04 Å². The molecule has 118 valence electrons. The summed E-state index contributed by atoms with van der Waals surface area (Å²) in [6.07, 6.45) is 0. The molecule has 0 spiro atoms. The molecule has 1 aromatic rings. The number of hydrogen-bond donors (Lipinski definition) is 1. The molecule has 1 aromatic carbocycles. The first-order valence-electron chi connectivity index (χ1n) is 7.41. The molecule has 0 saturated carbocycles. The third kappa shape index (κ3) is 6.17. The Hall–Kier alpha value is -1.55. The predicted octanol–water partition coefficient (Wildman–Crippen LogP) is 2.61. The molecule has 1 amide bonds. The monoisotopic (exact) mass is 292 g/mol. The minimum absolute atomic E-state index is 0.0425. The van der Waals surface area contributed by atoms with Crippen molar-refractivity contribution in [1.82, 2.24) is 10.2 Å². The Morgan fingerprint density at radius 2 is 1.95 bits per heavy atom. The summed E-state index contributed by atoms with van der Waals surface area (Å²) in [5.41, 5.74) is 0.919. The Kier molecular flexibility index (Phi) is 6.21. The van der Waals surface area contributed by atoms with E-state index in [-0.39, 0.29) is 17.5 Å². The standard InChI is InChI=1S/C17H28N2O2/c1-13-9-7-8-10-15(13)21-12-11-19(6)14(2)16(20)18-17(3,4)5/h7-10,14H,11-12H2,1-6H3,(H,18,20)/t14-/m1/s1. The Morgan fingerprint density at radius 3 is 2.52 bits per heavy atom. The van der Waals surface area contributed by atoms with Gasteiger partial charge in [-0.2, -0.15) is 0 Å². The third-order valence-corrected chi connectivity index (χ3v) is 3.33. The molecule has 1 N–H and O–H groups in total. The molecule has 0 aliphatic rings. The first kappa shape index (κ1) is 17.5. The van der Waals surface area contributed by atoms with Crippen molar-refractivity contribution < 1.29 is 9.53 Å². The van der Waals surface area contributed by atoms with Gasteiger partial charge in [0, 0.05) is 12.1 Å². The van der Waals surface area contributed by atoms with E-state index < -0.39 is 0 Å². The number of nitrogens with zero attached hydrogens (tertiary/aromatic N) is 1. The quantitative estimate of drug-likeness (QED) is 0.876. The highest BCUT2D eigenvalue weighted by Crippen LogP contribution is 2.15. The van der Waals surface area contributed by atoms with Crippen molar-refractivity contribution in [3.63, 3.8) is 0 Å². The maximum Gasteiger partial charge on any atom is 0.237 e. The Balaban J connectivity index is 2.41. The maximum absolute atomic E-state index is 12.1. The molecule has 0 aliphatic heterocycles. The lowest BCUT2D eigenvalue weighted by Crippen LogP contribution is -2.50. The first-order valence-corrected chi connectivity index (χ1v) is 7.41. The summed E-state index contributed by atoms with van der Waals surface area (Å²) in [6.45, 7) is 11.2. The van der Waals surface area contributed by atoms with Crippen molar-refractivity contribution in [1.29, 1.82) is 0 Å². The van der Waals surface area contributed by atoms with Gasteiger partial charge in [0.2, 0.25) is 5.91 Å². The van der Waals surface area contributed by atoms with Crippen LogP contribution in [0.3, 0.4) is 0 Å². The van der Waals surface area contributed by atoms with Crippen LogP contribution in [-0.4, -0.2) is 42.6 Å². The molecule has 0 saturated heterocycles. The van der Waals surface area contributed by atoms with Crippen molar-refractivity contribution in [2.75, 3.05) is 20.2 Å². The molecular weight excluding hydrogens is 264 g/mol. The number of rotatable bonds is 6. The summed E-state index contributed by atoms with van der Waals surface area (Å²) < 4.78 is 5.76. The molecule has 0 unspecified atom stereocenters. The van der Waals surface area contributed by atoms with Crippen LogP contribution in [0.15, 0.2) is 24.3 Å². The Morgan fingerprint density at radius 1 is 1.33 bits per heavy atom. The average Bonchev–Trinajstić information content (AvgIpc) is 2.38. The zero-order chi connectivity index (χ0) is 16.0. The lowest BCUT2D eigenvalue weighted by atomic mass is 10.1. The first-order chi connectivity index (χ1) is 9.70. The second-order valence-electron chi connectivity index (χ2n) is 6.51. The lowest BCUT2D eigenvalue weighted by Gasteiger charge is -2.28. The lowest BCUT2D eigenvalue weighted by molar-refractivity contribution is -0.126. The number of amides is 1. The largest absolute Gasteiger partial charge is 0.492 e. The number of para-hydroxylation sites is 1. The van der Waals surface area contributed by atoms with Crippen molar-refractivity contribution in [2.24, 2.45) is 0 Å². The highest BCUT2D eigenvalue weighted by Gasteiger charge is 2.22. The van der Waals surface area contributed by atoms with Crippen LogP contribution in [0.25, 0.3) is 0 Å². The summed E-state index contributed by atoms with van der Waals surface area (Å²) in [4.78, 5) is 14.1. The Bertz CT molecular complexity index is 466. The van der Waals surface area contributed by atoms with Gasteiger partial charge < -0.3 is 10.1 Å². The van der Waals surface area contributed by atoms with Crippen LogP contribution in [0.2, 0.25) is 0 Å². The highest BCUT2D eigenvalue weighted by atomic mass is 16.5. The van der Waals surface area contributed by atoms with Gasteiger partial charge in [-0.1, -0.05) is 18.2 Å². The second kappa shape index (κ2) is 7.46. The summed E-state index contributed by atoms with van der Waals surface area (Å²) in [5, 5.41) is 3.00. The molecule has 1 rings (SSSR count). The number of nitrogens with one attached hydrogen (secondary N) is 1. The molecule has 4 nitrogen and oxygen atoms in total. The van der Waals surface area contributed by atoms with Crippen LogP contribution in [0.1, 0.15) is 33.3 Å². The van der Waals surface area contributed by atoms with E-state index in [9.17, 15) is 4.79 Å². The molecule has 0 fully saturated rings. The van der Waals surface area contributed by atoms with Crippen molar-refractivity contribution >= 4 is 5.91 Å². The number of carbonyl (C=O) groups excluding carboxylic acids is 1. The average molecular weight is 292 g/mol. The van der Waals surface area contributed by atoms with E-state index in [2.05, 4.69) is 5.32 Å². The maximum atomic E-state index is 12.1. The normalized spacial score (nSPS) is 13.1. The van der Waals surface area contributed by atoms with Crippen LogP contribution in [-0.2, 0) is 4.79 Å². The summed E-state index contributed by atoms with van der Waals surface area (Å²) in [7, 11) is 1.94. The van der Waals surface area contributed by atoms with E-state index >= 15 is 0 Å². The molecule has 0 aliphatic carbocycles. The summed E-state index contributed by atoms with van der Waals surface area (Å²) in [6, 6.07) is 7.77. The van der Waals surface area contributed by atoms with Gasteiger partial charge in [0.15, 0.2) is 0 Å². The number of aryl methyl sites for hydroxylation is 1. The van der Waals surface area contributed by atoms with Gasteiger partial charge in [-0.25, -0.2) is 0 Å². The van der Waals surface area contributed by atoms with Crippen LogP contribution in [0.4, 0.5) is 0 Å². The number of likely N-dealkylation sites (N-methyl/N-ethyl adjacent to an activating group) is 1. The minimum Gasteiger partial charge on any atom is -0.492 e. The smallest absolute Gasteiger partial charge is 0.237 e. The number of ether oxygens (including phenoxy) is 1. The minimum atomic E-state index is -0.205. The fourth-order valence-electron chi connectivity index (χ4n) is 1.89. The highest BCUT2D eigenvalue weighted by molar-refractivity contribution is 5.81. The van der Waals surface area contributed by atoms with E-state index in [1.165, 1.54) is 0 Å². The van der Waals surface area contributed by atoms with Crippen LogP contribution >= 0.6 is 0 Å². The van der Waals surface area contributed by atoms with Gasteiger partial charge in [-0.15, -0.1) is 0 Å². The third-order valence-electron chi connectivity index (χ3n) is 3.33.